The Morgan fingerprint density at radius 3 is 2.60 bits per heavy atom. The second kappa shape index (κ2) is 4.80. The third kappa shape index (κ3) is 2.60. The first-order chi connectivity index (χ1) is 7.27. The highest BCUT2D eigenvalue weighted by Crippen LogP contribution is 2.29. The van der Waals surface area contributed by atoms with E-state index < -0.39 is 0 Å². The Morgan fingerprint density at radius 2 is 1.93 bits per heavy atom. The summed E-state index contributed by atoms with van der Waals surface area (Å²) in [7, 11) is 0. The van der Waals surface area contributed by atoms with E-state index in [1.54, 1.807) is 0 Å². The summed E-state index contributed by atoms with van der Waals surface area (Å²) >= 11 is 0. The first-order valence-electron chi connectivity index (χ1n) is 6.05. The van der Waals surface area contributed by atoms with Crippen molar-refractivity contribution >= 4 is 0 Å². The quantitative estimate of drug-likeness (QED) is 0.778. The molecule has 2 atom stereocenters. The van der Waals surface area contributed by atoms with Crippen LogP contribution >= 0.6 is 0 Å². The van der Waals surface area contributed by atoms with Crippen LogP contribution in [0.3, 0.4) is 0 Å². The Labute approximate surface area is 92.9 Å². The maximum absolute atomic E-state index is 3.62. The monoisotopic (exact) mass is 203 g/mol. The average Bonchev–Trinajstić information content (AvgIpc) is 2.30. The van der Waals surface area contributed by atoms with Gasteiger partial charge in [0.15, 0.2) is 0 Å². The van der Waals surface area contributed by atoms with Crippen molar-refractivity contribution in [3.8, 4) is 0 Å². The lowest BCUT2D eigenvalue weighted by Gasteiger charge is -2.33. The molecule has 1 aromatic carbocycles. The van der Waals surface area contributed by atoms with Gasteiger partial charge >= 0.3 is 0 Å². The van der Waals surface area contributed by atoms with E-state index in [1.807, 2.05) is 0 Å². The summed E-state index contributed by atoms with van der Waals surface area (Å²) in [4.78, 5) is 0. The summed E-state index contributed by atoms with van der Waals surface area (Å²) < 4.78 is 0. The number of rotatable bonds is 2. The largest absolute Gasteiger partial charge is 0.314 e. The summed E-state index contributed by atoms with van der Waals surface area (Å²) in [5.41, 5.74) is 1.52. The van der Waals surface area contributed by atoms with Crippen LogP contribution in [0.1, 0.15) is 38.2 Å². The van der Waals surface area contributed by atoms with Crippen LogP contribution < -0.4 is 5.32 Å². The molecule has 1 heteroatoms. The molecule has 1 N–H and O–H groups in total. The standard InChI is InChI=1S/C14H21N/c1-11(2)14-10-13(8-9-15-14)12-6-4-3-5-7-12/h3-7,11,13-15H,8-10H2,1-2H3/t13-,14+/m1/s1. The number of hydrogen-bond donors (Lipinski definition) is 1. The summed E-state index contributed by atoms with van der Waals surface area (Å²) in [6, 6.07) is 11.7. The van der Waals surface area contributed by atoms with Crippen LogP contribution in [0.4, 0.5) is 0 Å². The maximum atomic E-state index is 3.62. The normalized spacial score (nSPS) is 26.9. The number of piperidine rings is 1. The van der Waals surface area contributed by atoms with Gasteiger partial charge in [0.05, 0.1) is 0 Å². The molecular weight excluding hydrogens is 182 g/mol. The van der Waals surface area contributed by atoms with Gasteiger partial charge in [-0.05, 0) is 36.8 Å². The molecule has 82 valence electrons. The van der Waals surface area contributed by atoms with E-state index in [0.717, 1.165) is 11.8 Å². The number of nitrogens with one attached hydrogen (secondary N) is 1. The summed E-state index contributed by atoms with van der Waals surface area (Å²) in [5, 5.41) is 3.62. The van der Waals surface area contributed by atoms with E-state index in [9.17, 15) is 0 Å². The highest BCUT2D eigenvalue weighted by Gasteiger charge is 2.24. The van der Waals surface area contributed by atoms with Gasteiger partial charge in [0.2, 0.25) is 0 Å². The lowest BCUT2D eigenvalue weighted by atomic mass is 9.83. The molecule has 0 saturated carbocycles. The summed E-state index contributed by atoms with van der Waals surface area (Å²) in [6.45, 7) is 5.79. The van der Waals surface area contributed by atoms with E-state index in [2.05, 4.69) is 49.5 Å². The van der Waals surface area contributed by atoms with Gasteiger partial charge in [-0.15, -0.1) is 0 Å². The molecule has 0 bridgehead atoms. The Hall–Kier alpha value is -0.820. The minimum atomic E-state index is 0.698. The smallest absolute Gasteiger partial charge is 0.00958 e. The molecule has 0 unspecified atom stereocenters. The van der Waals surface area contributed by atoms with Gasteiger partial charge in [0.25, 0.3) is 0 Å². The van der Waals surface area contributed by atoms with Crippen LogP contribution in [0, 0.1) is 5.92 Å². The molecule has 0 spiro atoms. The van der Waals surface area contributed by atoms with Crippen molar-refractivity contribution in [1.82, 2.24) is 5.32 Å². The van der Waals surface area contributed by atoms with Crippen molar-refractivity contribution < 1.29 is 0 Å². The first kappa shape index (κ1) is 10.7. The molecule has 1 heterocycles. The van der Waals surface area contributed by atoms with Gasteiger partial charge in [-0.25, -0.2) is 0 Å². The molecule has 1 saturated heterocycles. The van der Waals surface area contributed by atoms with Crippen molar-refractivity contribution in [2.75, 3.05) is 6.54 Å². The van der Waals surface area contributed by atoms with Gasteiger partial charge < -0.3 is 5.32 Å². The van der Waals surface area contributed by atoms with Crippen molar-refractivity contribution in [1.29, 1.82) is 0 Å². The topological polar surface area (TPSA) is 12.0 Å². The van der Waals surface area contributed by atoms with E-state index in [1.165, 1.54) is 24.9 Å². The molecule has 0 aliphatic carbocycles. The Morgan fingerprint density at radius 1 is 1.20 bits per heavy atom. The summed E-state index contributed by atoms with van der Waals surface area (Å²) in [5.74, 6) is 1.51. The molecule has 0 radical (unpaired) electrons. The van der Waals surface area contributed by atoms with Crippen LogP contribution in [0.25, 0.3) is 0 Å². The summed E-state index contributed by atoms with van der Waals surface area (Å²) in [6.07, 6.45) is 2.58. The first-order valence-corrected chi connectivity index (χ1v) is 6.05. The molecule has 1 aliphatic rings. The zero-order chi connectivity index (χ0) is 10.7. The molecule has 1 nitrogen and oxygen atoms in total. The highest BCUT2D eigenvalue weighted by atomic mass is 14.9. The predicted molar refractivity (Wildman–Crippen MR) is 65.0 cm³/mol. The zero-order valence-electron chi connectivity index (χ0n) is 9.74. The van der Waals surface area contributed by atoms with Crippen molar-refractivity contribution in [3.63, 3.8) is 0 Å². The Bertz CT molecular complexity index is 291. The van der Waals surface area contributed by atoms with Crippen molar-refractivity contribution in [3.05, 3.63) is 35.9 Å². The molecule has 1 aliphatic heterocycles. The van der Waals surface area contributed by atoms with Gasteiger partial charge in [-0.2, -0.15) is 0 Å². The maximum Gasteiger partial charge on any atom is 0.00958 e. The third-order valence-corrected chi connectivity index (χ3v) is 3.51. The molecule has 2 rings (SSSR count). The van der Waals surface area contributed by atoms with E-state index >= 15 is 0 Å². The fraction of sp³-hybridized carbons (Fsp3) is 0.571. The lowest BCUT2D eigenvalue weighted by molar-refractivity contribution is 0.299. The SMILES string of the molecule is CC(C)[C@@H]1C[C@H](c2ccccc2)CCN1. The van der Waals surface area contributed by atoms with Crippen molar-refractivity contribution in [2.24, 2.45) is 5.92 Å². The molecule has 1 fully saturated rings. The highest BCUT2D eigenvalue weighted by molar-refractivity contribution is 5.20. The minimum absolute atomic E-state index is 0.698. The lowest BCUT2D eigenvalue weighted by Crippen LogP contribution is -2.40. The van der Waals surface area contributed by atoms with Crippen LogP contribution in [0.5, 0.6) is 0 Å². The van der Waals surface area contributed by atoms with Crippen molar-refractivity contribution in [2.45, 2.75) is 38.6 Å². The molecule has 0 amide bonds. The van der Waals surface area contributed by atoms with Crippen LogP contribution in [-0.2, 0) is 0 Å². The van der Waals surface area contributed by atoms with Gasteiger partial charge in [0, 0.05) is 6.04 Å². The number of benzene rings is 1. The average molecular weight is 203 g/mol. The van der Waals surface area contributed by atoms with E-state index in [4.69, 9.17) is 0 Å². The van der Waals surface area contributed by atoms with E-state index in [-0.39, 0.29) is 0 Å². The van der Waals surface area contributed by atoms with Crippen LogP contribution in [-0.4, -0.2) is 12.6 Å². The minimum Gasteiger partial charge on any atom is -0.314 e. The molecule has 1 aromatic rings. The third-order valence-electron chi connectivity index (χ3n) is 3.51. The van der Waals surface area contributed by atoms with Gasteiger partial charge in [0.1, 0.15) is 0 Å². The fourth-order valence-corrected chi connectivity index (χ4v) is 2.49. The Balaban J connectivity index is 2.05. The Kier molecular flexibility index (Phi) is 3.42. The van der Waals surface area contributed by atoms with Gasteiger partial charge in [-0.3, -0.25) is 0 Å². The predicted octanol–water partition coefficient (Wildman–Crippen LogP) is 3.18. The second-order valence-corrected chi connectivity index (χ2v) is 4.94. The fourth-order valence-electron chi connectivity index (χ4n) is 2.49. The zero-order valence-corrected chi connectivity index (χ0v) is 9.74. The molecule has 0 aromatic heterocycles. The van der Waals surface area contributed by atoms with E-state index in [0.29, 0.717) is 6.04 Å². The number of hydrogen-bond acceptors (Lipinski definition) is 1. The second-order valence-electron chi connectivity index (χ2n) is 4.94. The molecular formula is C14H21N. The van der Waals surface area contributed by atoms with Crippen LogP contribution in [0.2, 0.25) is 0 Å². The molecule has 15 heavy (non-hydrogen) atoms. The van der Waals surface area contributed by atoms with Crippen LogP contribution in [0.15, 0.2) is 30.3 Å². The van der Waals surface area contributed by atoms with Gasteiger partial charge in [-0.1, -0.05) is 44.2 Å².